The number of nitrogens with two attached hydrogens (primary N) is 1. The summed E-state index contributed by atoms with van der Waals surface area (Å²) < 4.78 is 26.3. The largest absolute Gasteiger partial charge is 0.330 e. The van der Waals surface area contributed by atoms with Crippen molar-refractivity contribution in [3.8, 4) is 0 Å². The SMILES string of the molecule is CC1(CN)CCN(S(=O)(=O)c2ccc(Cl)cc2)C1. The fourth-order valence-corrected chi connectivity index (χ4v) is 3.82. The summed E-state index contributed by atoms with van der Waals surface area (Å²) in [5.74, 6) is 0. The van der Waals surface area contributed by atoms with Crippen LogP contribution >= 0.6 is 11.6 Å². The molecule has 1 atom stereocenters. The maximum absolute atomic E-state index is 12.4. The van der Waals surface area contributed by atoms with E-state index in [4.69, 9.17) is 17.3 Å². The van der Waals surface area contributed by atoms with E-state index < -0.39 is 10.0 Å². The van der Waals surface area contributed by atoms with Crippen LogP contribution in [0, 0.1) is 5.41 Å². The van der Waals surface area contributed by atoms with Gasteiger partial charge in [-0.05, 0) is 42.6 Å². The second-order valence-corrected chi connectivity index (χ2v) is 7.43. The van der Waals surface area contributed by atoms with E-state index in [9.17, 15) is 8.42 Å². The Bertz CT molecular complexity index is 530. The zero-order valence-corrected chi connectivity index (χ0v) is 11.8. The van der Waals surface area contributed by atoms with Crippen LogP contribution in [0.2, 0.25) is 5.02 Å². The fourth-order valence-electron chi connectivity index (χ4n) is 2.11. The zero-order chi connectivity index (χ0) is 13.4. The quantitative estimate of drug-likeness (QED) is 0.921. The van der Waals surface area contributed by atoms with E-state index >= 15 is 0 Å². The molecule has 1 aliphatic heterocycles. The molecule has 0 saturated carbocycles. The molecule has 100 valence electrons. The average Bonchev–Trinajstić information content (AvgIpc) is 2.74. The molecule has 2 N–H and O–H groups in total. The Balaban J connectivity index is 2.25. The maximum Gasteiger partial charge on any atom is 0.243 e. The molecular formula is C12H17ClN2O2S. The van der Waals surface area contributed by atoms with Crippen molar-refractivity contribution >= 4 is 21.6 Å². The van der Waals surface area contributed by atoms with E-state index in [-0.39, 0.29) is 10.3 Å². The summed E-state index contributed by atoms with van der Waals surface area (Å²) in [5, 5.41) is 0.530. The van der Waals surface area contributed by atoms with Crippen molar-refractivity contribution in [2.24, 2.45) is 11.1 Å². The molecular weight excluding hydrogens is 272 g/mol. The van der Waals surface area contributed by atoms with Crippen LogP contribution in [-0.4, -0.2) is 32.4 Å². The van der Waals surface area contributed by atoms with Crippen LogP contribution in [0.4, 0.5) is 0 Å². The fraction of sp³-hybridized carbons (Fsp3) is 0.500. The van der Waals surface area contributed by atoms with Crippen LogP contribution in [0.1, 0.15) is 13.3 Å². The Morgan fingerprint density at radius 3 is 2.50 bits per heavy atom. The third-order valence-electron chi connectivity index (χ3n) is 3.47. The van der Waals surface area contributed by atoms with Crippen LogP contribution in [0.25, 0.3) is 0 Å². The van der Waals surface area contributed by atoms with Gasteiger partial charge in [0.15, 0.2) is 0 Å². The Labute approximate surface area is 113 Å². The molecule has 6 heteroatoms. The highest BCUT2D eigenvalue weighted by atomic mass is 35.5. The highest BCUT2D eigenvalue weighted by molar-refractivity contribution is 7.89. The van der Waals surface area contributed by atoms with Gasteiger partial charge in [0.2, 0.25) is 10.0 Å². The lowest BCUT2D eigenvalue weighted by molar-refractivity contribution is 0.349. The first-order valence-electron chi connectivity index (χ1n) is 5.83. The van der Waals surface area contributed by atoms with E-state index in [1.807, 2.05) is 6.92 Å². The Kier molecular flexibility index (Phi) is 3.69. The van der Waals surface area contributed by atoms with Gasteiger partial charge in [0, 0.05) is 18.1 Å². The van der Waals surface area contributed by atoms with Gasteiger partial charge in [-0.2, -0.15) is 4.31 Å². The second kappa shape index (κ2) is 4.81. The van der Waals surface area contributed by atoms with Crippen molar-refractivity contribution in [1.29, 1.82) is 0 Å². The number of hydrogen-bond donors (Lipinski definition) is 1. The summed E-state index contributed by atoms with van der Waals surface area (Å²) in [6.07, 6.45) is 0.802. The number of benzene rings is 1. The van der Waals surface area contributed by atoms with Gasteiger partial charge >= 0.3 is 0 Å². The number of hydrogen-bond acceptors (Lipinski definition) is 3. The first-order chi connectivity index (χ1) is 8.37. The van der Waals surface area contributed by atoms with E-state index in [2.05, 4.69) is 0 Å². The van der Waals surface area contributed by atoms with Crippen molar-refractivity contribution in [3.63, 3.8) is 0 Å². The summed E-state index contributed by atoms with van der Waals surface area (Å²) in [6, 6.07) is 6.25. The second-order valence-electron chi connectivity index (χ2n) is 5.06. The van der Waals surface area contributed by atoms with Crippen molar-refractivity contribution in [3.05, 3.63) is 29.3 Å². The molecule has 1 saturated heterocycles. The Morgan fingerprint density at radius 1 is 1.39 bits per heavy atom. The molecule has 4 nitrogen and oxygen atoms in total. The minimum atomic E-state index is -3.42. The van der Waals surface area contributed by atoms with Gasteiger partial charge in [0.05, 0.1) is 4.90 Å². The van der Waals surface area contributed by atoms with Crippen molar-refractivity contribution < 1.29 is 8.42 Å². The van der Waals surface area contributed by atoms with Crippen LogP contribution in [-0.2, 0) is 10.0 Å². The summed E-state index contributed by atoms with van der Waals surface area (Å²) in [4.78, 5) is 0.285. The minimum absolute atomic E-state index is 0.112. The molecule has 0 bridgehead atoms. The van der Waals surface area contributed by atoms with Crippen LogP contribution < -0.4 is 5.73 Å². The molecule has 1 fully saturated rings. The molecule has 1 aromatic rings. The topological polar surface area (TPSA) is 63.4 Å². The van der Waals surface area contributed by atoms with Crippen molar-refractivity contribution in [2.45, 2.75) is 18.2 Å². The van der Waals surface area contributed by atoms with Crippen LogP contribution in [0.3, 0.4) is 0 Å². The predicted octanol–water partition coefficient (Wildman–Crippen LogP) is 1.70. The number of nitrogens with zero attached hydrogens (tertiary/aromatic N) is 1. The molecule has 0 radical (unpaired) electrons. The summed E-state index contributed by atoms with van der Waals surface area (Å²) in [5.41, 5.74) is 5.58. The molecule has 1 aromatic carbocycles. The molecule has 0 amide bonds. The third-order valence-corrected chi connectivity index (χ3v) is 5.58. The van der Waals surface area contributed by atoms with Gasteiger partial charge in [-0.3, -0.25) is 0 Å². The highest BCUT2D eigenvalue weighted by Crippen LogP contribution is 2.32. The minimum Gasteiger partial charge on any atom is -0.330 e. The summed E-state index contributed by atoms with van der Waals surface area (Å²) in [7, 11) is -3.42. The molecule has 1 aliphatic rings. The van der Waals surface area contributed by atoms with E-state index in [0.717, 1.165) is 6.42 Å². The first-order valence-corrected chi connectivity index (χ1v) is 7.65. The van der Waals surface area contributed by atoms with Crippen molar-refractivity contribution in [2.75, 3.05) is 19.6 Å². The monoisotopic (exact) mass is 288 g/mol. The molecule has 0 aromatic heterocycles. The third kappa shape index (κ3) is 2.54. The van der Waals surface area contributed by atoms with Crippen LogP contribution in [0.5, 0.6) is 0 Å². The Morgan fingerprint density at radius 2 is 2.00 bits per heavy atom. The van der Waals surface area contributed by atoms with Gasteiger partial charge in [-0.1, -0.05) is 18.5 Å². The molecule has 18 heavy (non-hydrogen) atoms. The summed E-state index contributed by atoms with van der Waals surface area (Å²) >= 11 is 5.76. The molecule has 2 rings (SSSR count). The maximum atomic E-state index is 12.4. The van der Waals surface area contributed by atoms with Gasteiger partial charge in [0.25, 0.3) is 0 Å². The Hall–Kier alpha value is -0.620. The average molecular weight is 289 g/mol. The van der Waals surface area contributed by atoms with E-state index in [1.54, 1.807) is 12.1 Å². The predicted molar refractivity (Wildman–Crippen MR) is 72.0 cm³/mol. The highest BCUT2D eigenvalue weighted by Gasteiger charge is 2.38. The van der Waals surface area contributed by atoms with Crippen molar-refractivity contribution in [1.82, 2.24) is 4.31 Å². The molecule has 0 spiro atoms. The number of halogens is 1. The lowest BCUT2D eigenvalue weighted by Crippen LogP contribution is -2.34. The summed E-state index contributed by atoms with van der Waals surface area (Å²) in [6.45, 7) is 3.52. The van der Waals surface area contributed by atoms with Crippen LogP contribution in [0.15, 0.2) is 29.2 Å². The van der Waals surface area contributed by atoms with Gasteiger partial charge in [0.1, 0.15) is 0 Å². The number of rotatable bonds is 3. The van der Waals surface area contributed by atoms with E-state index in [1.165, 1.54) is 16.4 Å². The van der Waals surface area contributed by atoms with Gasteiger partial charge in [-0.15, -0.1) is 0 Å². The molecule has 1 heterocycles. The van der Waals surface area contributed by atoms with Gasteiger partial charge in [-0.25, -0.2) is 8.42 Å². The standard InChI is InChI=1S/C12H17ClN2O2S/c1-12(8-14)6-7-15(9-12)18(16,17)11-4-2-10(13)3-5-11/h2-5H,6-9,14H2,1H3. The normalized spacial score (nSPS) is 25.5. The lowest BCUT2D eigenvalue weighted by Gasteiger charge is -2.22. The lowest BCUT2D eigenvalue weighted by atomic mass is 9.90. The van der Waals surface area contributed by atoms with Gasteiger partial charge < -0.3 is 5.73 Å². The molecule has 0 aliphatic carbocycles. The number of sulfonamides is 1. The zero-order valence-electron chi connectivity index (χ0n) is 10.3. The van der Waals surface area contributed by atoms with E-state index in [0.29, 0.717) is 24.7 Å². The smallest absolute Gasteiger partial charge is 0.243 e. The molecule has 1 unspecified atom stereocenters. The first kappa shape index (κ1) is 13.8.